The number of hydrogen-bond acceptors (Lipinski definition) is 3. The van der Waals surface area contributed by atoms with Crippen molar-refractivity contribution in [3.8, 4) is 11.8 Å². The number of fused-ring (bicyclic) bond motifs is 4. The lowest BCUT2D eigenvalue weighted by Gasteiger charge is -2.30. The number of halogens is 2. The van der Waals surface area contributed by atoms with Gasteiger partial charge >= 0.3 is 12.6 Å². The Labute approximate surface area is 215 Å². The maximum absolute atomic E-state index is 15.8. The third-order valence-corrected chi connectivity index (χ3v) is 8.38. The van der Waals surface area contributed by atoms with Crippen LogP contribution in [-0.2, 0) is 16.6 Å². The summed E-state index contributed by atoms with van der Waals surface area (Å²) in [5, 5.41) is 0.664. The second-order valence-corrected chi connectivity index (χ2v) is 11.3. The molecule has 0 fully saturated rings. The Morgan fingerprint density at radius 1 is 1.14 bits per heavy atom. The van der Waals surface area contributed by atoms with E-state index in [9.17, 15) is 9.00 Å². The van der Waals surface area contributed by atoms with E-state index in [4.69, 9.17) is 4.42 Å². The van der Waals surface area contributed by atoms with E-state index in [2.05, 4.69) is 11.8 Å². The van der Waals surface area contributed by atoms with Gasteiger partial charge in [0.2, 0.25) is 0 Å². The lowest BCUT2D eigenvalue weighted by atomic mass is 9.89. The highest BCUT2D eigenvalue weighted by molar-refractivity contribution is 7.84. The standard InChI is InChI=1S/C28H23BF2N2O3S/c1-17-10-19(3)32-25(17)15-26-18(2)11-24(33(26)29(32,30)31)8-7-21-12-22-13-23-16-37(35)9-5-4-6-20(23)14-27(22)36-28(21)34/h7-8,10-15H,5,9,16H2,1-3H3/b8-7+. The first-order valence-electron chi connectivity index (χ1n) is 12.0. The monoisotopic (exact) mass is 516 g/mol. The lowest BCUT2D eigenvalue weighted by Crippen LogP contribution is -2.50. The van der Waals surface area contributed by atoms with E-state index in [0.29, 0.717) is 57.3 Å². The van der Waals surface area contributed by atoms with Crippen molar-refractivity contribution >= 4 is 46.6 Å². The van der Waals surface area contributed by atoms with Crippen molar-refractivity contribution in [3.05, 3.63) is 91.7 Å². The number of allylic oxidation sites excluding steroid dienone is 3. The number of hydrogen-bond donors (Lipinski definition) is 0. The highest BCUT2D eigenvalue weighted by Crippen LogP contribution is 2.37. The predicted molar refractivity (Wildman–Crippen MR) is 144 cm³/mol. The van der Waals surface area contributed by atoms with Crippen LogP contribution in [0, 0.1) is 25.7 Å². The fourth-order valence-corrected chi connectivity index (χ4v) is 6.42. The smallest absolute Gasteiger partial charge is 0.422 e. The van der Waals surface area contributed by atoms with Gasteiger partial charge in [0.05, 0.1) is 5.56 Å². The van der Waals surface area contributed by atoms with Gasteiger partial charge in [-0.25, -0.2) is 4.79 Å². The maximum Gasteiger partial charge on any atom is 0.737 e. The Bertz CT molecular complexity index is 1810. The van der Waals surface area contributed by atoms with Crippen LogP contribution in [0.25, 0.3) is 23.1 Å². The second-order valence-electron chi connectivity index (χ2n) is 9.67. The summed E-state index contributed by atoms with van der Waals surface area (Å²) in [6.45, 7) is 1.20. The highest BCUT2D eigenvalue weighted by atomic mass is 32.2. The molecule has 5 heterocycles. The van der Waals surface area contributed by atoms with Crippen molar-refractivity contribution in [2.45, 2.75) is 32.9 Å². The van der Waals surface area contributed by atoms with Crippen molar-refractivity contribution in [1.82, 2.24) is 4.48 Å². The zero-order chi connectivity index (χ0) is 26.1. The van der Waals surface area contributed by atoms with Crippen molar-refractivity contribution < 1.29 is 21.7 Å². The minimum absolute atomic E-state index is 0.239. The number of aromatic nitrogens is 1. The Kier molecular flexibility index (Phi) is 5.35. The van der Waals surface area contributed by atoms with Gasteiger partial charge in [-0.2, -0.15) is 0 Å². The van der Waals surface area contributed by atoms with Crippen molar-refractivity contribution in [2.24, 2.45) is 0 Å². The third-order valence-electron chi connectivity index (χ3n) is 7.08. The first-order valence-corrected chi connectivity index (χ1v) is 13.5. The summed E-state index contributed by atoms with van der Waals surface area (Å²) in [7, 11) is -1.02. The van der Waals surface area contributed by atoms with E-state index in [1.807, 2.05) is 13.0 Å². The molecule has 3 aliphatic heterocycles. The summed E-state index contributed by atoms with van der Waals surface area (Å²) >= 11 is 0. The number of rotatable bonds is 2. The largest absolute Gasteiger partial charge is 0.737 e. The Morgan fingerprint density at radius 2 is 1.95 bits per heavy atom. The molecule has 0 radical (unpaired) electrons. The minimum Gasteiger partial charge on any atom is -0.422 e. The molecule has 0 aliphatic carbocycles. The van der Waals surface area contributed by atoms with E-state index in [-0.39, 0.29) is 5.56 Å². The molecule has 0 saturated heterocycles. The predicted octanol–water partition coefficient (Wildman–Crippen LogP) is 4.92. The second kappa shape index (κ2) is 8.39. The molecule has 0 bridgehead atoms. The molecule has 5 nitrogen and oxygen atoms in total. The number of benzene rings is 1. The van der Waals surface area contributed by atoms with Crippen molar-refractivity contribution in [3.63, 3.8) is 0 Å². The fourth-order valence-electron chi connectivity index (χ4n) is 5.36. The van der Waals surface area contributed by atoms with Crippen LogP contribution in [0.4, 0.5) is 8.63 Å². The zero-order valence-electron chi connectivity index (χ0n) is 20.6. The molecule has 1 atom stereocenters. The first-order chi connectivity index (χ1) is 17.6. The van der Waals surface area contributed by atoms with Crippen LogP contribution in [0.15, 0.2) is 56.9 Å². The fraction of sp³-hybridized carbons (Fsp3) is 0.214. The molecule has 0 spiro atoms. The zero-order valence-corrected chi connectivity index (χ0v) is 21.4. The van der Waals surface area contributed by atoms with Gasteiger partial charge in [-0.3, -0.25) is 4.21 Å². The van der Waals surface area contributed by atoms with Crippen LogP contribution in [-0.4, -0.2) is 31.6 Å². The molecule has 3 aromatic rings. The van der Waals surface area contributed by atoms with Crippen molar-refractivity contribution in [1.29, 1.82) is 0 Å². The Balaban J connectivity index is 1.44. The average Bonchev–Trinajstić information content (AvgIpc) is 3.30. The van der Waals surface area contributed by atoms with E-state index < -0.39 is 23.4 Å². The summed E-state index contributed by atoms with van der Waals surface area (Å²) < 4.78 is 51.6. The van der Waals surface area contributed by atoms with Crippen molar-refractivity contribution in [2.75, 3.05) is 5.75 Å². The van der Waals surface area contributed by atoms with Crippen LogP contribution in [0.2, 0.25) is 0 Å². The SMILES string of the molecule is CC1=CC(/C=C/c2cc3cc4c(cc3oc2=O)C#CCCS(=O)C4)=[N+]2C1=Cc1c(C)cc(C)n1[B-]2(F)F. The molecular formula is C28H23BF2N2O3S. The van der Waals surface area contributed by atoms with E-state index in [1.54, 1.807) is 44.2 Å². The quantitative estimate of drug-likeness (QED) is 0.276. The first kappa shape index (κ1) is 23.6. The van der Waals surface area contributed by atoms with Gasteiger partial charge in [0.1, 0.15) is 5.58 Å². The maximum atomic E-state index is 15.8. The molecule has 1 aromatic carbocycles. The molecule has 0 saturated carbocycles. The molecule has 37 heavy (non-hydrogen) atoms. The van der Waals surface area contributed by atoms with Gasteiger partial charge in [0.25, 0.3) is 0 Å². The lowest BCUT2D eigenvalue weighted by molar-refractivity contribution is -0.361. The summed E-state index contributed by atoms with van der Waals surface area (Å²) in [4.78, 5) is 12.8. The molecule has 186 valence electrons. The van der Waals surface area contributed by atoms with Crippen LogP contribution in [0.3, 0.4) is 0 Å². The van der Waals surface area contributed by atoms with Crippen LogP contribution >= 0.6 is 0 Å². The molecule has 6 rings (SSSR count). The normalized spacial score (nSPS) is 20.0. The highest BCUT2D eigenvalue weighted by Gasteiger charge is 2.53. The molecular weight excluding hydrogens is 493 g/mol. The molecule has 9 heteroatoms. The Morgan fingerprint density at radius 3 is 2.76 bits per heavy atom. The van der Waals surface area contributed by atoms with Crippen LogP contribution in [0.5, 0.6) is 0 Å². The summed E-state index contributed by atoms with van der Waals surface area (Å²) in [6.07, 6.45) is 7.10. The van der Waals surface area contributed by atoms with Gasteiger partial charge in [-0.1, -0.05) is 11.8 Å². The molecule has 1 unspecified atom stereocenters. The van der Waals surface area contributed by atoms with Gasteiger partial charge in [-0.15, -0.1) is 0 Å². The van der Waals surface area contributed by atoms with E-state index in [0.717, 1.165) is 25.7 Å². The minimum atomic E-state index is -4.12. The van der Waals surface area contributed by atoms with Crippen LogP contribution < -0.4 is 5.63 Å². The van der Waals surface area contributed by atoms with Gasteiger partial charge in [0, 0.05) is 69.2 Å². The van der Waals surface area contributed by atoms with Gasteiger partial charge in [0.15, 0.2) is 11.4 Å². The van der Waals surface area contributed by atoms with Gasteiger partial charge < -0.3 is 22.0 Å². The van der Waals surface area contributed by atoms with Gasteiger partial charge in [-0.05, 0) is 67.9 Å². The van der Waals surface area contributed by atoms with E-state index >= 15 is 8.63 Å². The number of aryl methyl sites for hydroxylation is 2. The number of nitrogens with zero attached hydrogens (tertiary/aromatic N) is 2. The molecule has 0 amide bonds. The molecule has 3 aliphatic rings. The van der Waals surface area contributed by atoms with Crippen LogP contribution in [0.1, 0.15) is 47.0 Å². The summed E-state index contributed by atoms with van der Waals surface area (Å²) in [5.41, 5.74) is 4.89. The van der Waals surface area contributed by atoms with E-state index in [1.165, 1.54) is 12.2 Å². The summed E-state index contributed by atoms with van der Waals surface area (Å²) in [6, 6.07) is 6.99. The third kappa shape index (κ3) is 3.78. The molecule has 2 aromatic heterocycles. The summed E-state index contributed by atoms with van der Waals surface area (Å²) in [5.74, 6) is 6.99. The average molecular weight is 516 g/mol. The Hall–Kier alpha value is -3.77. The molecule has 0 N–H and O–H groups in total. The topological polar surface area (TPSA) is 55.2 Å².